The third-order valence-corrected chi connectivity index (χ3v) is 4.16. The lowest BCUT2D eigenvalue weighted by Crippen LogP contribution is -2.00. The van der Waals surface area contributed by atoms with Crippen molar-refractivity contribution >= 4 is 0 Å². The highest BCUT2D eigenvalue weighted by Gasteiger charge is 2.07. The summed E-state index contributed by atoms with van der Waals surface area (Å²) in [5.41, 5.74) is 4.87. The van der Waals surface area contributed by atoms with E-state index in [2.05, 4.69) is 82.3 Å². The molecule has 0 N–H and O–H groups in total. The van der Waals surface area contributed by atoms with Crippen molar-refractivity contribution in [3.8, 4) is 22.5 Å². The molecule has 0 saturated carbocycles. The fourth-order valence-corrected chi connectivity index (χ4v) is 2.92. The van der Waals surface area contributed by atoms with Gasteiger partial charge in [0.2, 0.25) is 0 Å². The molecule has 24 heavy (non-hydrogen) atoms. The average Bonchev–Trinajstić information content (AvgIpc) is 3.11. The van der Waals surface area contributed by atoms with E-state index in [1.165, 1.54) is 16.7 Å². The molecule has 116 valence electrons. The quantitative estimate of drug-likeness (QED) is 0.502. The first kappa shape index (κ1) is 14.5. The Hall–Kier alpha value is -3.13. The van der Waals surface area contributed by atoms with Crippen molar-refractivity contribution in [1.82, 2.24) is 9.55 Å². The molecule has 0 aliphatic rings. The molecule has 4 aromatic rings. The van der Waals surface area contributed by atoms with Gasteiger partial charge in [0.15, 0.2) is 0 Å². The molecule has 3 aromatic carbocycles. The summed E-state index contributed by atoms with van der Waals surface area (Å²) in [4.78, 5) is 4.55. The fraction of sp³-hybridized carbons (Fsp3) is 0.0455. The Morgan fingerprint density at radius 1 is 0.625 bits per heavy atom. The molecule has 0 fully saturated rings. The molecule has 2 nitrogen and oxygen atoms in total. The predicted molar refractivity (Wildman–Crippen MR) is 98.6 cm³/mol. The number of aromatic nitrogens is 2. The molecular weight excluding hydrogens is 292 g/mol. The van der Waals surface area contributed by atoms with E-state index in [4.69, 9.17) is 0 Å². The van der Waals surface area contributed by atoms with Crippen LogP contribution in [0.15, 0.2) is 97.3 Å². The number of nitrogens with zero attached hydrogens (tertiary/aromatic N) is 2. The van der Waals surface area contributed by atoms with Crippen LogP contribution < -0.4 is 0 Å². The van der Waals surface area contributed by atoms with Crippen LogP contribution in [0, 0.1) is 0 Å². The van der Waals surface area contributed by atoms with Gasteiger partial charge in [-0.1, -0.05) is 84.9 Å². The number of rotatable bonds is 4. The number of hydrogen-bond donors (Lipinski definition) is 0. The van der Waals surface area contributed by atoms with Gasteiger partial charge >= 0.3 is 0 Å². The van der Waals surface area contributed by atoms with Crippen LogP contribution in [0.25, 0.3) is 22.5 Å². The number of imidazole rings is 1. The Kier molecular flexibility index (Phi) is 3.95. The monoisotopic (exact) mass is 310 g/mol. The summed E-state index contributed by atoms with van der Waals surface area (Å²) in [5, 5.41) is 0. The van der Waals surface area contributed by atoms with E-state index in [0.717, 1.165) is 17.9 Å². The first-order valence-corrected chi connectivity index (χ1v) is 8.11. The van der Waals surface area contributed by atoms with Crippen LogP contribution in [-0.4, -0.2) is 9.55 Å². The van der Waals surface area contributed by atoms with E-state index in [-0.39, 0.29) is 0 Å². The molecule has 0 spiro atoms. The van der Waals surface area contributed by atoms with Gasteiger partial charge in [-0.05, 0) is 16.7 Å². The molecule has 0 aliphatic carbocycles. The third-order valence-electron chi connectivity index (χ3n) is 4.16. The Bertz CT molecular complexity index is 907. The minimum absolute atomic E-state index is 0.830. The van der Waals surface area contributed by atoms with Gasteiger partial charge in [0.1, 0.15) is 5.82 Å². The maximum Gasteiger partial charge on any atom is 0.140 e. The molecule has 0 saturated heterocycles. The van der Waals surface area contributed by atoms with Gasteiger partial charge in [0.05, 0.1) is 0 Å². The Labute approximate surface area is 142 Å². The van der Waals surface area contributed by atoms with Crippen molar-refractivity contribution in [1.29, 1.82) is 0 Å². The molecule has 1 aromatic heterocycles. The number of benzene rings is 3. The minimum atomic E-state index is 0.830. The standard InChI is InChI=1S/C22H18N2/c1-3-7-18(8-4-1)17-24-16-15-23-22(24)21-13-11-20(12-14-21)19-9-5-2-6-10-19/h1-16H,17H2. The van der Waals surface area contributed by atoms with Crippen molar-refractivity contribution < 1.29 is 0 Å². The SMILES string of the molecule is c1ccc(Cn2ccnc2-c2ccc(-c3ccccc3)cc2)cc1. The first-order valence-electron chi connectivity index (χ1n) is 8.11. The van der Waals surface area contributed by atoms with Crippen LogP contribution >= 0.6 is 0 Å². The van der Waals surface area contributed by atoms with Gasteiger partial charge in [0, 0.05) is 24.5 Å². The normalized spacial score (nSPS) is 10.7. The van der Waals surface area contributed by atoms with Gasteiger partial charge < -0.3 is 4.57 Å². The van der Waals surface area contributed by atoms with Gasteiger partial charge in [-0.3, -0.25) is 0 Å². The Morgan fingerprint density at radius 2 is 1.21 bits per heavy atom. The highest BCUT2D eigenvalue weighted by molar-refractivity contribution is 5.67. The largest absolute Gasteiger partial charge is 0.327 e. The molecule has 0 unspecified atom stereocenters. The molecule has 0 radical (unpaired) electrons. The Morgan fingerprint density at radius 3 is 1.92 bits per heavy atom. The second-order valence-corrected chi connectivity index (χ2v) is 5.81. The summed E-state index contributed by atoms with van der Waals surface area (Å²) in [5.74, 6) is 0.999. The summed E-state index contributed by atoms with van der Waals surface area (Å²) >= 11 is 0. The smallest absolute Gasteiger partial charge is 0.140 e. The molecule has 0 bridgehead atoms. The van der Waals surface area contributed by atoms with Crippen LogP contribution in [0.3, 0.4) is 0 Å². The average molecular weight is 310 g/mol. The highest BCUT2D eigenvalue weighted by Crippen LogP contribution is 2.24. The van der Waals surface area contributed by atoms with Gasteiger partial charge in [0.25, 0.3) is 0 Å². The maximum absolute atomic E-state index is 4.55. The zero-order valence-electron chi connectivity index (χ0n) is 13.3. The van der Waals surface area contributed by atoms with Crippen molar-refractivity contribution in [2.75, 3.05) is 0 Å². The van der Waals surface area contributed by atoms with Gasteiger partial charge in [-0.25, -0.2) is 4.98 Å². The fourth-order valence-electron chi connectivity index (χ4n) is 2.92. The third kappa shape index (κ3) is 2.99. The van der Waals surface area contributed by atoms with Crippen molar-refractivity contribution in [3.05, 3.63) is 103 Å². The van der Waals surface area contributed by atoms with Crippen molar-refractivity contribution in [3.63, 3.8) is 0 Å². The summed E-state index contributed by atoms with van der Waals surface area (Å²) in [6.45, 7) is 0.830. The summed E-state index contributed by atoms with van der Waals surface area (Å²) < 4.78 is 2.19. The Balaban J connectivity index is 1.62. The van der Waals surface area contributed by atoms with Crippen LogP contribution in [0.1, 0.15) is 5.56 Å². The molecule has 1 heterocycles. The zero-order chi connectivity index (χ0) is 16.2. The second kappa shape index (κ2) is 6.55. The molecule has 0 aliphatic heterocycles. The lowest BCUT2D eigenvalue weighted by molar-refractivity contribution is 0.807. The van der Waals surface area contributed by atoms with Gasteiger partial charge in [-0.2, -0.15) is 0 Å². The number of hydrogen-bond acceptors (Lipinski definition) is 1. The molecule has 0 amide bonds. The van der Waals surface area contributed by atoms with E-state index < -0.39 is 0 Å². The highest BCUT2D eigenvalue weighted by atomic mass is 15.1. The maximum atomic E-state index is 4.55. The lowest BCUT2D eigenvalue weighted by atomic mass is 10.0. The predicted octanol–water partition coefficient (Wildman–Crippen LogP) is 5.27. The summed E-state index contributed by atoms with van der Waals surface area (Å²) in [6.07, 6.45) is 3.90. The molecule has 2 heteroatoms. The topological polar surface area (TPSA) is 17.8 Å². The lowest BCUT2D eigenvalue weighted by Gasteiger charge is -2.09. The minimum Gasteiger partial charge on any atom is -0.327 e. The van der Waals surface area contributed by atoms with E-state index >= 15 is 0 Å². The first-order chi connectivity index (χ1) is 11.9. The van der Waals surface area contributed by atoms with Crippen LogP contribution in [-0.2, 0) is 6.54 Å². The summed E-state index contributed by atoms with van der Waals surface area (Å²) in [7, 11) is 0. The molecular formula is C22H18N2. The van der Waals surface area contributed by atoms with Crippen LogP contribution in [0.5, 0.6) is 0 Å². The van der Waals surface area contributed by atoms with Crippen LogP contribution in [0.2, 0.25) is 0 Å². The van der Waals surface area contributed by atoms with E-state index in [1.54, 1.807) is 0 Å². The molecule has 4 rings (SSSR count). The van der Waals surface area contributed by atoms with Gasteiger partial charge in [-0.15, -0.1) is 0 Å². The van der Waals surface area contributed by atoms with Crippen molar-refractivity contribution in [2.24, 2.45) is 0 Å². The summed E-state index contributed by atoms with van der Waals surface area (Å²) in [6, 6.07) is 29.5. The zero-order valence-corrected chi connectivity index (χ0v) is 13.3. The van der Waals surface area contributed by atoms with E-state index in [9.17, 15) is 0 Å². The van der Waals surface area contributed by atoms with Crippen LogP contribution in [0.4, 0.5) is 0 Å². The second-order valence-electron chi connectivity index (χ2n) is 5.81. The van der Waals surface area contributed by atoms with E-state index in [0.29, 0.717) is 0 Å². The molecule has 0 atom stereocenters. The van der Waals surface area contributed by atoms with Crippen molar-refractivity contribution in [2.45, 2.75) is 6.54 Å². The van der Waals surface area contributed by atoms with E-state index in [1.807, 2.05) is 24.5 Å².